The minimum absolute atomic E-state index is 0.0265. The molecule has 0 spiro atoms. The molecule has 2 rings (SSSR count). The predicted octanol–water partition coefficient (Wildman–Crippen LogP) is 3.91. The number of aromatic nitrogens is 2. The van der Waals surface area contributed by atoms with Crippen molar-refractivity contribution in [2.24, 2.45) is 5.92 Å². The van der Waals surface area contributed by atoms with E-state index in [2.05, 4.69) is 20.3 Å². The maximum atomic E-state index is 12.5. The van der Waals surface area contributed by atoms with Gasteiger partial charge < -0.3 is 9.47 Å². The standard InChI is InChI=1S/C17H18F2N4O5S/c1-9(2)6-15-21-22-17(29-15)20-14(24)5-4-10-7-12(27-3)13(28-16(18)19)8-11(10)23(25)26/h4-5,7-9,16H,6H2,1-3H3,(H,20,22,24)/b5-4+. The SMILES string of the molecule is COc1cc(/C=C/C(=O)Nc2nnc(CC(C)C)s2)c([N+](=O)[O-])cc1OC(F)F. The molecule has 1 amide bonds. The lowest BCUT2D eigenvalue weighted by Gasteiger charge is -2.10. The Bertz CT molecular complexity index is 917. The largest absolute Gasteiger partial charge is 0.493 e. The van der Waals surface area contributed by atoms with Crippen LogP contribution in [0.3, 0.4) is 0 Å². The number of nitrogens with one attached hydrogen (secondary N) is 1. The maximum Gasteiger partial charge on any atom is 0.387 e. The van der Waals surface area contributed by atoms with Crippen LogP contribution >= 0.6 is 11.3 Å². The van der Waals surface area contributed by atoms with Gasteiger partial charge in [-0.05, 0) is 18.1 Å². The molecule has 0 unspecified atom stereocenters. The van der Waals surface area contributed by atoms with Crippen LogP contribution in [0.4, 0.5) is 19.6 Å². The van der Waals surface area contributed by atoms with Crippen LogP contribution in [0.25, 0.3) is 6.08 Å². The highest BCUT2D eigenvalue weighted by Crippen LogP contribution is 2.36. The van der Waals surface area contributed by atoms with Gasteiger partial charge in [-0.25, -0.2) is 0 Å². The molecule has 0 aliphatic heterocycles. The van der Waals surface area contributed by atoms with Gasteiger partial charge >= 0.3 is 6.61 Å². The molecule has 0 saturated carbocycles. The van der Waals surface area contributed by atoms with Crippen LogP contribution in [-0.4, -0.2) is 34.7 Å². The zero-order valence-corrected chi connectivity index (χ0v) is 16.5. The van der Waals surface area contributed by atoms with Crippen molar-refractivity contribution in [1.82, 2.24) is 10.2 Å². The number of rotatable bonds is 9. The summed E-state index contributed by atoms with van der Waals surface area (Å²) in [4.78, 5) is 22.6. The highest BCUT2D eigenvalue weighted by Gasteiger charge is 2.20. The molecule has 12 heteroatoms. The van der Waals surface area contributed by atoms with E-state index in [-0.39, 0.29) is 11.3 Å². The van der Waals surface area contributed by atoms with Crippen LogP contribution in [0.5, 0.6) is 11.5 Å². The van der Waals surface area contributed by atoms with Crippen LogP contribution in [0.15, 0.2) is 18.2 Å². The number of amides is 1. The van der Waals surface area contributed by atoms with E-state index in [0.29, 0.717) is 11.0 Å². The highest BCUT2D eigenvalue weighted by atomic mass is 32.1. The average Bonchev–Trinajstić information content (AvgIpc) is 3.05. The molecule has 0 fully saturated rings. The molecule has 0 atom stereocenters. The van der Waals surface area contributed by atoms with Crippen molar-refractivity contribution in [2.75, 3.05) is 12.4 Å². The minimum Gasteiger partial charge on any atom is -0.493 e. The normalized spacial score (nSPS) is 11.3. The van der Waals surface area contributed by atoms with Gasteiger partial charge in [-0.2, -0.15) is 8.78 Å². The summed E-state index contributed by atoms with van der Waals surface area (Å²) in [7, 11) is 1.20. The summed E-state index contributed by atoms with van der Waals surface area (Å²) in [5.41, 5.74) is -0.554. The fourth-order valence-electron chi connectivity index (χ4n) is 2.25. The van der Waals surface area contributed by atoms with Crippen LogP contribution in [0, 0.1) is 16.0 Å². The van der Waals surface area contributed by atoms with Gasteiger partial charge in [-0.3, -0.25) is 20.2 Å². The minimum atomic E-state index is -3.18. The molecule has 0 bridgehead atoms. The molecular weight excluding hydrogens is 410 g/mol. The van der Waals surface area contributed by atoms with Gasteiger partial charge in [-0.15, -0.1) is 10.2 Å². The Balaban J connectivity index is 2.20. The number of carbonyl (C=O) groups excluding carboxylic acids is 1. The molecule has 0 aliphatic rings. The van der Waals surface area contributed by atoms with Crippen molar-refractivity contribution in [3.8, 4) is 11.5 Å². The highest BCUT2D eigenvalue weighted by molar-refractivity contribution is 7.15. The molecule has 1 aromatic carbocycles. The van der Waals surface area contributed by atoms with Crippen molar-refractivity contribution in [3.63, 3.8) is 0 Å². The number of nitro groups is 1. The van der Waals surface area contributed by atoms with Crippen molar-refractivity contribution in [3.05, 3.63) is 38.9 Å². The van der Waals surface area contributed by atoms with E-state index in [1.54, 1.807) is 0 Å². The number of hydrogen-bond acceptors (Lipinski definition) is 8. The van der Waals surface area contributed by atoms with Crippen molar-refractivity contribution >= 4 is 34.1 Å². The van der Waals surface area contributed by atoms with E-state index >= 15 is 0 Å². The Morgan fingerprint density at radius 2 is 2.07 bits per heavy atom. The number of hydrogen-bond donors (Lipinski definition) is 1. The zero-order chi connectivity index (χ0) is 21.6. The number of halogens is 2. The van der Waals surface area contributed by atoms with Crippen LogP contribution in [-0.2, 0) is 11.2 Å². The predicted molar refractivity (Wildman–Crippen MR) is 102 cm³/mol. The second-order valence-electron chi connectivity index (χ2n) is 6.12. The first-order valence-electron chi connectivity index (χ1n) is 8.32. The third-order valence-corrected chi connectivity index (χ3v) is 4.28. The number of alkyl halides is 2. The molecule has 0 radical (unpaired) electrons. The molecule has 0 aliphatic carbocycles. The lowest BCUT2D eigenvalue weighted by Crippen LogP contribution is -2.07. The van der Waals surface area contributed by atoms with Gasteiger partial charge in [0, 0.05) is 12.5 Å². The van der Waals surface area contributed by atoms with Gasteiger partial charge in [0.25, 0.3) is 5.69 Å². The zero-order valence-electron chi connectivity index (χ0n) is 15.7. The lowest BCUT2D eigenvalue weighted by atomic mass is 10.1. The number of nitrogens with zero attached hydrogens (tertiary/aromatic N) is 3. The first-order valence-corrected chi connectivity index (χ1v) is 9.14. The Labute approximate surface area is 168 Å². The van der Waals surface area contributed by atoms with Gasteiger partial charge in [0.2, 0.25) is 11.0 Å². The topological polar surface area (TPSA) is 116 Å². The average molecular weight is 428 g/mol. The van der Waals surface area contributed by atoms with Crippen molar-refractivity contribution < 1.29 is 28.0 Å². The first kappa shape index (κ1) is 22.1. The van der Waals surface area contributed by atoms with Crippen LogP contribution in [0.1, 0.15) is 24.4 Å². The molecular formula is C17H18F2N4O5S. The molecule has 1 N–H and O–H groups in total. The summed E-state index contributed by atoms with van der Waals surface area (Å²) in [6, 6.07) is 1.94. The Morgan fingerprint density at radius 3 is 2.66 bits per heavy atom. The number of nitro benzene ring substituents is 1. The van der Waals surface area contributed by atoms with E-state index in [9.17, 15) is 23.7 Å². The molecule has 1 heterocycles. The fraction of sp³-hybridized carbons (Fsp3) is 0.353. The summed E-state index contributed by atoms with van der Waals surface area (Å²) in [5.74, 6) is -0.821. The Hall–Kier alpha value is -3.15. The quantitative estimate of drug-likeness (QED) is 0.366. The molecule has 9 nitrogen and oxygen atoms in total. The number of benzene rings is 1. The van der Waals surface area contributed by atoms with E-state index in [0.717, 1.165) is 35.7 Å². The summed E-state index contributed by atoms with van der Waals surface area (Å²) < 4.78 is 34.1. The van der Waals surface area contributed by atoms with Crippen molar-refractivity contribution in [2.45, 2.75) is 26.9 Å². The summed E-state index contributed by atoms with van der Waals surface area (Å²) >= 11 is 1.23. The number of anilines is 1. The summed E-state index contributed by atoms with van der Waals surface area (Å²) in [5, 5.41) is 22.7. The Kier molecular flexibility index (Phi) is 7.53. The summed E-state index contributed by atoms with van der Waals surface area (Å²) in [6.45, 7) is 0.880. The van der Waals surface area contributed by atoms with E-state index in [4.69, 9.17) is 4.74 Å². The van der Waals surface area contributed by atoms with E-state index in [1.807, 2.05) is 13.8 Å². The van der Waals surface area contributed by atoms with Gasteiger partial charge in [0.1, 0.15) is 5.01 Å². The maximum absolute atomic E-state index is 12.5. The van der Waals surface area contributed by atoms with Gasteiger partial charge in [0.15, 0.2) is 11.5 Å². The van der Waals surface area contributed by atoms with Crippen LogP contribution < -0.4 is 14.8 Å². The monoisotopic (exact) mass is 428 g/mol. The molecule has 29 heavy (non-hydrogen) atoms. The molecule has 2 aromatic rings. The second-order valence-corrected chi connectivity index (χ2v) is 7.18. The Morgan fingerprint density at radius 1 is 1.34 bits per heavy atom. The molecule has 0 saturated heterocycles. The van der Waals surface area contributed by atoms with E-state index < -0.39 is 28.9 Å². The van der Waals surface area contributed by atoms with Crippen molar-refractivity contribution in [1.29, 1.82) is 0 Å². The fourth-order valence-corrected chi connectivity index (χ4v) is 3.21. The number of carbonyl (C=O) groups is 1. The van der Waals surface area contributed by atoms with Gasteiger partial charge in [-0.1, -0.05) is 25.2 Å². The lowest BCUT2D eigenvalue weighted by molar-refractivity contribution is -0.385. The third kappa shape index (κ3) is 6.45. The number of methoxy groups -OCH3 is 1. The first-order chi connectivity index (χ1) is 13.7. The third-order valence-electron chi connectivity index (χ3n) is 3.42. The second kappa shape index (κ2) is 9.87. The number of ether oxygens (including phenoxy) is 2. The van der Waals surface area contributed by atoms with E-state index in [1.165, 1.54) is 18.4 Å². The summed E-state index contributed by atoms with van der Waals surface area (Å²) in [6.07, 6.45) is 2.94. The van der Waals surface area contributed by atoms with Crippen LogP contribution in [0.2, 0.25) is 0 Å². The smallest absolute Gasteiger partial charge is 0.387 e. The molecule has 156 valence electrons. The van der Waals surface area contributed by atoms with Gasteiger partial charge in [0.05, 0.1) is 23.7 Å². The molecule has 1 aromatic heterocycles.